The van der Waals surface area contributed by atoms with Crippen LogP contribution in [0.1, 0.15) is 16.8 Å². The van der Waals surface area contributed by atoms with Gasteiger partial charge in [-0.25, -0.2) is 4.98 Å². The smallest absolute Gasteiger partial charge is 0.253 e. The topological polar surface area (TPSA) is 62.2 Å². The monoisotopic (exact) mass is 280 g/mol. The quantitative estimate of drug-likeness (QED) is 0.570. The highest BCUT2D eigenvalue weighted by Gasteiger charge is 2.11. The number of nitrogens with one attached hydrogen (secondary N) is 1. The highest BCUT2D eigenvalue weighted by atomic mass is 16.3. The van der Waals surface area contributed by atoms with Gasteiger partial charge in [-0.1, -0.05) is 30.3 Å². The van der Waals surface area contributed by atoms with Crippen molar-refractivity contribution in [2.45, 2.75) is 6.42 Å². The Kier molecular flexibility index (Phi) is 3.79. The van der Waals surface area contributed by atoms with Gasteiger partial charge in [0, 0.05) is 23.9 Å². The van der Waals surface area contributed by atoms with Crippen molar-refractivity contribution in [2.24, 2.45) is 0 Å². The molecule has 0 atom stereocenters. The molecule has 0 saturated heterocycles. The van der Waals surface area contributed by atoms with Gasteiger partial charge in [0.15, 0.2) is 0 Å². The van der Waals surface area contributed by atoms with Crippen molar-refractivity contribution in [3.63, 3.8) is 0 Å². The second-order valence-electron chi connectivity index (χ2n) is 4.89. The van der Waals surface area contributed by atoms with E-state index in [9.17, 15) is 4.79 Å². The molecule has 106 valence electrons. The molecule has 1 amide bonds. The van der Waals surface area contributed by atoms with Gasteiger partial charge < -0.3 is 10.4 Å². The summed E-state index contributed by atoms with van der Waals surface area (Å²) in [4.78, 5) is 16.9. The lowest BCUT2D eigenvalue weighted by molar-refractivity contribution is 0.0952. The van der Waals surface area contributed by atoms with E-state index in [1.807, 2.05) is 42.5 Å². The first kappa shape index (κ1) is 13.5. The zero-order valence-electron chi connectivity index (χ0n) is 11.5. The van der Waals surface area contributed by atoms with E-state index < -0.39 is 0 Å². The summed E-state index contributed by atoms with van der Waals surface area (Å²) in [6.07, 6.45) is 0.548. The van der Waals surface area contributed by atoms with Crippen LogP contribution in [0.3, 0.4) is 0 Å². The number of rotatable bonds is 4. The molecule has 2 N–H and O–H groups in total. The first-order valence-electron chi connectivity index (χ1n) is 6.97. The van der Waals surface area contributed by atoms with Crippen LogP contribution in [-0.2, 0) is 0 Å². The van der Waals surface area contributed by atoms with Crippen molar-refractivity contribution in [3.8, 4) is 0 Å². The van der Waals surface area contributed by atoms with Gasteiger partial charge in [-0.05, 0) is 24.6 Å². The maximum absolute atomic E-state index is 12.2. The maximum Gasteiger partial charge on any atom is 0.253 e. The molecule has 0 fully saturated rings. The number of carbonyl (C=O) groups excluding carboxylic acids is 1. The Morgan fingerprint density at radius 2 is 1.90 bits per heavy atom. The molecular formula is C17H16N2O2. The second-order valence-corrected chi connectivity index (χ2v) is 4.89. The predicted molar refractivity (Wildman–Crippen MR) is 83.3 cm³/mol. The lowest BCUT2D eigenvalue weighted by Crippen LogP contribution is -2.25. The zero-order chi connectivity index (χ0) is 14.7. The van der Waals surface area contributed by atoms with Crippen LogP contribution in [0.2, 0.25) is 0 Å². The van der Waals surface area contributed by atoms with Crippen molar-refractivity contribution < 1.29 is 9.90 Å². The Labute approximate surface area is 122 Å². The normalized spacial score (nSPS) is 10.9. The minimum Gasteiger partial charge on any atom is -0.396 e. The number of carbonyl (C=O) groups is 1. The third kappa shape index (κ3) is 2.71. The molecule has 0 aliphatic rings. The molecule has 0 aliphatic heterocycles. The standard InChI is InChI=1S/C17H16N2O2/c20-10-4-9-18-17(21)14-7-3-6-13-11-12-5-1-2-8-15(12)19-16(13)14/h1-3,5-8,11,20H,4,9-10H2,(H,18,21). The van der Waals surface area contributed by atoms with Gasteiger partial charge in [0.25, 0.3) is 5.91 Å². The fourth-order valence-electron chi connectivity index (χ4n) is 2.36. The molecule has 0 unspecified atom stereocenters. The Balaban J connectivity index is 2.06. The third-order valence-electron chi connectivity index (χ3n) is 3.41. The van der Waals surface area contributed by atoms with E-state index in [0.29, 0.717) is 24.0 Å². The Morgan fingerprint density at radius 1 is 1.10 bits per heavy atom. The molecular weight excluding hydrogens is 264 g/mol. The van der Waals surface area contributed by atoms with Gasteiger partial charge in [-0.3, -0.25) is 4.79 Å². The Bertz CT molecular complexity index is 799. The molecule has 0 spiro atoms. The molecule has 0 saturated carbocycles. The number of aromatic nitrogens is 1. The molecule has 4 heteroatoms. The van der Waals surface area contributed by atoms with Crippen LogP contribution in [0.5, 0.6) is 0 Å². The minimum atomic E-state index is -0.156. The van der Waals surface area contributed by atoms with Gasteiger partial charge in [-0.2, -0.15) is 0 Å². The summed E-state index contributed by atoms with van der Waals surface area (Å²) in [5.74, 6) is -0.156. The van der Waals surface area contributed by atoms with E-state index in [1.165, 1.54) is 0 Å². The molecule has 3 rings (SSSR count). The number of hydrogen-bond donors (Lipinski definition) is 2. The number of aliphatic hydroxyl groups is 1. The summed E-state index contributed by atoms with van der Waals surface area (Å²) < 4.78 is 0. The summed E-state index contributed by atoms with van der Waals surface area (Å²) in [6, 6.07) is 15.5. The third-order valence-corrected chi connectivity index (χ3v) is 3.41. The molecule has 2 aromatic carbocycles. The summed E-state index contributed by atoms with van der Waals surface area (Å²) in [5.41, 5.74) is 2.15. The van der Waals surface area contributed by atoms with Crippen molar-refractivity contribution >= 4 is 27.7 Å². The zero-order valence-corrected chi connectivity index (χ0v) is 11.5. The van der Waals surface area contributed by atoms with Gasteiger partial charge in [-0.15, -0.1) is 0 Å². The molecule has 0 radical (unpaired) electrons. The number of nitrogens with zero attached hydrogens (tertiary/aromatic N) is 1. The van der Waals surface area contributed by atoms with E-state index in [-0.39, 0.29) is 12.5 Å². The summed E-state index contributed by atoms with van der Waals surface area (Å²) in [5, 5.41) is 13.6. The number of para-hydroxylation sites is 2. The van der Waals surface area contributed by atoms with E-state index in [2.05, 4.69) is 10.3 Å². The number of fused-ring (bicyclic) bond motifs is 2. The van der Waals surface area contributed by atoms with E-state index in [1.54, 1.807) is 6.07 Å². The van der Waals surface area contributed by atoms with Gasteiger partial charge in [0.05, 0.1) is 16.6 Å². The number of pyridine rings is 1. The van der Waals surface area contributed by atoms with Crippen LogP contribution in [-0.4, -0.2) is 29.1 Å². The van der Waals surface area contributed by atoms with Crippen LogP contribution in [0.4, 0.5) is 0 Å². The van der Waals surface area contributed by atoms with E-state index in [0.717, 1.165) is 16.3 Å². The first-order chi connectivity index (χ1) is 10.3. The van der Waals surface area contributed by atoms with Gasteiger partial charge in [0.1, 0.15) is 0 Å². The van der Waals surface area contributed by atoms with E-state index in [4.69, 9.17) is 5.11 Å². The second kappa shape index (κ2) is 5.89. The maximum atomic E-state index is 12.2. The van der Waals surface area contributed by atoms with Crippen molar-refractivity contribution in [2.75, 3.05) is 13.2 Å². The Morgan fingerprint density at radius 3 is 2.76 bits per heavy atom. The molecule has 3 aromatic rings. The molecule has 0 bridgehead atoms. The molecule has 4 nitrogen and oxygen atoms in total. The van der Waals surface area contributed by atoms with Crippen LogP contribution in [0.15, 0.2) is 48.5 Å². The summed E-state index contributed by atoms with van der Waals surface area (Å²) in [7, 11) is 0. The largest absolute Gasteiger partial charge is 0.396 e. The first-order valence-corrected chi connectivity index (χ1v) is 6.97. The fraction of sp³-hybridized carbons (Fsp3) is 0.176. The SMILES string of the molecule is O=C(NCCCO)c1cccc2cc3ccccc3nc12. The van der Waals surface area contributed by atoms with Gasteiger partial charge in [0.2, 0.25) is 0 Å². The van der Waals surface area contributed by atoms with Crippen LogP contribution < -0.4 is 5.32 Å². The average Bonchev–Trinajstić information content (AvgIpc) is 2.52. The average molecular weight is 280 g/mol. The van der Waals surface area contributed by atoms with Gasteiger partial charge >= 0.3 is 0 Å². The summed E-state index contributed by atoms with van der Waals surface area (Å²) >= 11 is 0. The van der Waals surface area contributed by atoms with Crippen molar-refractivity contribution in [1.82, 2.24) is 10.3 Å². The van der Waals surface area contributed by atoms with Crippen molar-refractivity contribution in [3.05, 3.63) is 54.1 Å². The lowest BCUT2D eigenvalue weighted by atomic mass is 10.1. The minimum absolute atomic E-state index is 0.0682. The van der Waals surface area contributed by atoms with E-state index >= 15 is 0 Å². The summed E-state index contributed by atoms with van der Waals surface area (Å²) in [6.45, 7) is 0.526. The van der Waals surface area contributed by atoms with Crippen LogP contribution in [0, 0.1) is 0 Å². The molecule has 1 aromatic heterocycles. The number of amides is 1. The van der Waals surface area contributed by atoms with Crippen LogP contribution in [0.25, 0.3) is 21.8 Å². The number of aliphatic hydroxyl groups excluding tert-OH is 1. The molecule has 1 heterocycles. The predicted octanol–water partition coefficient (Wildman–Crippen LogP) is 2.50. The number of hydrogen-bond acceptors (Lipinski definition) is 3. The highest BCUT2D eigenvalue weighted by Crippen LogP contribution is 2.22. The van der Waals surface area contributed by atoms with Crippen molar-refractivity contribution in [1.29, 1.82) is 0 Å². The van der Waals surface area contributed by atoms with Crippen LogP contribution >= 0.6 is 0 Å². The number of benzene rings is 2. The lowest BCUT2D eigenvalue weighted by Gasteiger charge is -2.08. The molecule has 21 heavy (non-hydrogen) atoms. The molecule has 0 aliphatic carbocycles. The fourth-order valence-corrected chi connectivity index (χ4v) is 2.36. The highest BCUT2D eigenvalue weighted by molar-refractivity contribution is 6.07. The Hall–Kier alpha value is -2.46.